The van der Waals surface area contributed by atoms with Crippen LogP contribution < -0.4 is 5.56 Å². The first-order valence-corrected chi connectivity index (χ1v) is 4.83. The van der Waals surface area contributed by atoms with Gasteiger partial charge in [0.05, 0.1) is 18.7 Å². The fourth-order valence-corrected chi connectivity index (χ4v) is 1.22. The van der Waals surface area contributed by atoms with Gasteiger partial charge in [-0.15, -0.1) is 0 Å². The molecule has 1 aromatic heterocycles. The first-order chi connectivity index (χ1) is 7.04. The molecule has 0 aliphatic rings. The summed E-state index contributed by atoms with van der Waals surface area (Å²) in [6.07, 6.45) is 0.0101. The second-order valence-electron chi connectivity index (χ2n) is 2.91. The predicted molar refractivity (Wildman–Crippen MR) is 54.9 cm³/mol. The molecule has 0 radical (unpaired) electrons. The fraction of sp³-hybridized carbons (Fsp3) is 0.444. The van der Waals surface area contributed by atoms with Crippen LogP contribution in [-0.2, 0) is 16.0 Å². The van der Waals surface area contributed by atoms with Gasteiger partial charge in [0.15, 0.2) is 5.15 Å². The fourth-order valence-electron chi connectivity index (χ4n) is 1.07. The maximum Gasteiger partial charge on any atom is 0.311 e. The van der Waals surface area contributed by atoms with Crippen LogP contribution in [0.2, 0.25) is 5.15 Å². The Hall–Kier alpha value is -1.36. The molecule has 5 nitrogen and oxygen atoms in total. The van der Waals surface area contributed by atoms with Crippen molar-refractivity contribution in [1.29, 1.82) is 0 Å². The summed E-state index contributed by atoms with van der Waals surface area (Å²) < 4.78 is 4.76. The molecule has 0 atom stereocenters. The summed E-state index contributed by atoms with van der Waals surface area (Å²) in [4.78, 5) is 28.5. The number of halogens is 1. The van der Waals surface area contributed by atoms with E-state index < -0.39 is 11.5 Å². The van der Waals surface area contributed by atoms with Crippen molar-refractivity contribution in [3.63, 3.8) is 0 Å². The van der Waals surface area contributed by atoms with Crippen LogP contribution in [0.1, 0.15) is 18.3 Å². The molecule has 0 aromatic carbocycles. The quantitative estimate of drug-likeness (QED) is 0.781. The van der Waals surface area contributed by atoms with Crippen LogP contribution in [0.5, 0.6) is 0 Å². The van der Waals surface area contributed by atoms with Crippen LogP contribution in [0.25, 0.3) is 0 Å². The Balaban J connectivity index is 2.91. The second kappa shape index (κ2) is 4.93. The Labute approximate surface area is 91.4 Å². The van der Waals surface area contributed by atoms with Crippen LogP contribution in [0.4, 0.5) is 0 Å². The van der Waals surface area contributed by atoms with Crippen molar-refractivity contribution in [2.45, 2.75) is 20.3 Å². The van der Waals surface area contributed by atoms with Crippen molar-refractivity contribution < 1.29 is 9.53 Å². The van der Waals surface area contributed by atoms with E-state index in [1.807, 2.05) is 0 Å². The lowest BCUT2D eigenvalue weighted by molar-refractivity contribution is -0.142. The number of carbonyl (C=O) groups excluding carboxylic acids is 1. The summed E-state index contributed by atoms with van der Waals surface area (Å²) in [6, 6.07) is 0. The van der Waals surface area contributed by atoms with Crippen LogP contribution in [-0.4, -0.2) is 22.5 Å². The molecule has 6 heteroatoms. The molecule has 0 amide bonds. The average Bonchev–Trinajstić information content (AvgIpc) is 2.14. The predicted octanol–water partition coefficient (Wildman–Crippen LogP) is 0.837. The van der Waals surface area contributed by atoms with Crippen molar-refractivity contribution in [2.24, 2.45) is 0 Å². The van der Waals surface area contributed by atoms with Gasteiger partial charge in [-0.25, -0.2) is 4.98 Å². The number of carbonyl (C=O) groups is 1. The van der Waals surface area contributed by atoms with Gasteiger partial charge in [-0.3, -0.25) is 9.59 Å². The van der Waals surface area contributed by atoms with Crippen molar-refractivity contribution in [1.82, 2.24) is 9.97 Å². The third-order valence-corrected chi connectivity index (χ3v) is 2.03. The summed E-state index contributed by atoms with van der Waals surface area (Å²) in [5, 5.41) is -0.167. The van der Waals surface area contributed by atoms with Gasteiger partial charge in [-0.1, -0.05) is 11.6 Å². The zero-order valence-corrected chi connectivity index (χ0v) is 9.22. The third-order valence-electron chi connectivity index (χ3n) is 1.77. The highest BCUT2D eigenvalue weighted by Gasteiger charge is 2.10. The monoisotopic (exact) mass is 230 g/mol. The topological polar surface area (TPSA) is 72.0 Å². The minimum atomic E-state index is -0.457. The number of hydrogen-bond donors (Lipinski definition) is 1. The number of aromatic amines is 1. The van der Waals surface area contributed by atoms with Crippen LogP contribution in [0.15, 0.2) is 4.79 Å². The molecule has 1 heterocycles. The van der Waals surface area contributed by atoms with E-state index in [9.17, 15) is 9.59 Å². The lowest BCUT2D eigenvalue weighted by Crippen LogP contribution is -2.16. The van der Waals surface area contributed by atoms with Crippen molar-refractivity contribution >= 4 is 17.6 Å². The van der Waals surface area contributed by atoms with E-state index in [1.165, 1.54) is 0 Å². The Bertz CT molecular complexity index is 428. The van der Waals surface area contributed by atoms with Gasteiger partial charge in [0.1, 0.15) is 0 Å². The average molecular weight is 231 g/mol. The Morgan fingerprint density at radius 2 is 2.27 bits per heavy atom. The first kappa shape index (κ1) is 11.7. The molecule has 82 valence electrons. The van der Waals surface area contributed by atoms with E-state index in [4.69, 9.17) is 16.3 Å². The summed E-state index contributed by atoms with van der Waals surface area (Å²) in [5.74, 6) is -0.392. The van der Waals surface area contributed by atoms with Crippen molar-refractivity contribution in [3.05, 3.63) is 26.9 Å². The first-order valence-electron chi connectivity index (χ1n) is 4.45. The third kappa shape index (κ3) is 3.06. The number of ether oxygens (including phenoxy) is 1. The zero-order chi connectivity index (χ0) is 11.4. The molecule has 1 aromatic rings. The maximum absolute atomic E-state index is 11.2. The number of nitrogens with zero attached hydrogens (tertiary/aromatic N) is 1. The lowest BCUT2D eigenvalue weighted by atomic mass is 10.2. The van der Waals surface area contributed by atoms with Crippen LogP contribution >= 0.6 is 11.6 Å². The molecular weight excluding hydrogens is 220 g/mol. The van der Waals surface area contributed by atoms with Gasteiger partial charge in [0.2, 0.25) is 0 Å². The van der Waals surface area contributed by atoms with Gasteiger partial charge >= 0.3 is 5.97 Å². The molecule has 1 N–H and O–H groups in total. The van der Waals surface area contributed by atoms with Crippen molar-refractivity contribution in [3.8, 4) is 0 Å². The maximum atomic E-state index is 11.2. The van der Waals surface area contributed by atoms with Gasteiger partial charge in [0.25, 0.3) is 5.56 Å². The highest BCUT2D eigenvalue weighted by Crippen LogP contribution is 2.04. The number of nitrogens with one attached hydrogen (secondary N) is 1. The number of aryl methyl sites for hydroxylation is 1. The normalized spacial score (nSPS) is 10.1. The molecule has 15 heavy (non-hydrogen) atoms. The molecule has 0 bridgehead atoms. The Morgan fingerprint density at radius 1 is 1.60 bits per heavy atom. The Morgan fingerprint density at radius 3 is 2.87 bits per heavy atom. The smallest absolute Gasteiger partial charge is 0.311 e. The van der Waals surface area contributed by atoms with Gasteiger partial charge in [-0.2, -0.15) is 0 Å². The van der Waals surface area contributed by atoms with Crippen LogP contribution in [0, 0.1) is 6.92 Å². The molecule has 0 aliphatic heterocycles. The minimum Gasteiger partial charge on any atom is -0.466 e. The molecule has 0 spiro atoms. The summed E-state index contributed by atoms with van der Waals surface area (Å²) in [7, 11) is 0. The van der Waals surface area contributed by atoms with E-state index >= 15 is 0 Å². The van der Waals surface area contributed by atoms with Gasteiger partial charge < -0.3 is 9.72 Å². The number of esters is 1. The van der Waals surface area contributed by atoms with Crippen molar-refractivity contribution in [2.75, 3.05) is 6.61 Å². The molecule has 0 fully saturated rings. The van der Waals surface area contributed by atoms with Crippen LogP contribution in [0.3, 0.4) is 0 Å². The second-order valence-corrected chi connectivity index (χ2v) is 3.27. The minimum absolute atomic E-state index is 0.0101. The summed E-state index contributed by atoms with van der Waals surface area (Å²) in [5.41, 5.74) is 0.497. The SMILES string of the molecule is CCOC(=O)Cc1nc(Cl)c(=O)[nH]c1C. The molecule has 1 rings (SSSR count). The van der Waals surface area contributed by atoms with E-state index in [2.05, 4.69) is 9.97 Å². The number of hydrogen-bond acceptors (Lipinski definition) is 4. The molecule has 0 aliphatic carbocycles. The number of rotatable bonds is 3. The van der Waals surface area contributed by atoms with E-state index in [0.717, 1.165) is 0 Å². The largest absolute Gasteiger partial charge is 0.466 e. The number of H-pyrrole nitrogens is 1. The van der Waals surface area contributed by atoms with Gasteiger partial charge in [-0.05, 0) is 13.8 Å². The Kier molecular flexibility index (Phi) is 3.85. The highest BCUT2D eigenvalue weighted by molar-refractivity contribution is 6.29. The zero-order valence-electron chi connectivity index (χ0n) is 8.46. The highest BCUT2D eigenvalue weighted by atomic mass is 35.5. The standard InChI is InChI=1S/C9H11ClN2O3/c1-3-15-7(13)4-6-5(2)11-9(14)8(10)12-6/h3-4H2,1-2H3,(H,11,14). The molecule has 0 saturated heterocycles. The van der Waals surface area contributed by atoms with Gasteiger partial charge in [0, 0.05) is 5.69 Å². The van der Waals surface area contributed by atoms with E-state index in [0.29, 0.717) is 18.0 Å². The van der Waals surface area contributed by atoms with E-state index in [1.54, 1.807) is 13.8 Å². The van der Waals surface area contributed by atoms with E-state index in [-0.39, 0.29) is 11.6 Å². The number of aromatic nitrogens is 2. The molecule has 0 saturated carbocycles. The molecular formula is C9H11ClN2O3. The summed E-state index contributed by atoms with van der Waals surface area (Å²) in [6.45, 7) is 3.69. The lowest BCUT2D eigenvalue weighted by Gasteiger charge is -2.04. The molecule has 0 unspecified atom stereocenters. The summed E-state index contributed by atoms with van der Waals surface area (Å²) >= 11 is 5.54.